The van der Waals surface area contributed by atoms with Gasteiger partial charge in [-0.3, -0.25) is 19.2 Å². The van der Waals surface area contributed by atoms with Crippen molar-refractivity contribution in [3.63, 3.8) is 0 Å². The van der Waals surface area contributed by atoms with Gasteiger partial charge in [-0.15, -0.1) is 5.10 Å². The molecule has 0 saturated carbocycles. The summed E-state index contributed by atoms with van der Waals surface area (Å²) in [6.07, 6.45) is 3.84. The van der Waals surface area contributed by atoms with Crippen molar-refractivity contribution in [3.05, 3.63) is 90.0 Å². The van der Waals surface area contributed by atoms with Gasteiger partial charge in [0.15, 0.2) is 5.78 Å². The normalized spacial score (nSPS) is 23.5. The average Bonchev–Trinajstić information content (AvgIpc) is 3.59. The van der Waals surface area contributed by atoms with Crippen molar-refractivity contribution in [3.8, 4) is 0 Å². The van der Waals surface area contributed by atoms with Crippen LogP contribution >= 0.6 is 0 Å². The van der Waals surface area contributed by atoms with Gasteiger partial charge in [0, 0.05) is 11.3 Å². The van der Waals surface area contributed by atoms with Crippen molar-refractivity contribution >= 4 is 52.0 Å². The third kappa shape index (κ3) is 2.98. The lowest BCUT2D eigenvalue weighted by molar-refractivity contribution is -0.122. The van der Waals surface area contributed by atoms with Crippen LogP contribution in [0.15, 0.2) is 78.9 Å². The summed E-state index contributed by atoms with van der Waals surface area (Å²) in [5.74, 6) is -3.03. The Hall–Kier alpha value is -4.92. The number of aromatic nitrogens is 3. The zero-order chi connectivity index (χ0) is 26.1. The van der Waals surface area contributed by atoms with E-state index in [1.165, 1.54) is 11.6 Å². The van der Waals surface area contributed by atoms with Gasteiger partial charge in [0.25, 0.3) is 5.91 Å². The Morgan fingerprint density at radius 1 is 0.842 bits per heavy atom. The molecule has 0 aliphatic carbocycles. The minimum Gasteiger partial charge on any atom is -0.351 e. The van der Waals surface area contributed by atoms with Crippen LogP contribution in [0.4, 0.5) is 11.4 Å². The van der Waals surface area contributed by atoms with E-state index >= 15 is 0 Å². The third-order valence-corrected chi connectivity index (χ3v) is 7.76. The maximum Gasteiger partial charge on any atom is 0.272 e. The van der Waals surface area contributed by atoms with Gasteiger partial charge in [-0.05, 0) is 55.0 Å². The number of fused-ring (bicyclic) bond motifs is 6. The summed E-state index contributed by atoms with van der Waals surface area (Å²) >= 11 is 0. The molecule has 3 aliphatic rings. The van der Waals surface area contributed by atoms with E-state index in [2.05, 4.69) is 10.3 Å². The Labute approximate surface area is 216 Å². The highest BCUT2D eigenvalue weighted by molar-refractivity contribution is 6.25. The molecule has 1 aromatic heterocycles. The van der Waals surface area contributed by atoms with Crippen LogP contribution < -0.4 is 9.80 Å². The Bertz CT molecular complexity index is 1710. The van der Waals surface area contributed by atoms with E-state index in [9.17, 15) is 19.2 Å². The second-order valence-corrected chi connectivity index (χ2v) is 9.76. The molecule has 38 heavy (non-hydrogen) atoms. The molecule has 9 nitrogen and oxygen atoms in total. The zero-order valence-electron chi connectivity index (χ0n) is 20.3. The summed E-state index contributed by atoms with van der Waals surface area (Å²) in [4.78, 5) is 56.9. The Kier molecular flexibility index (Phi) is 4.72. The maximum absolute atomic E-state index is 14.2. The van der Waals surface area contributed by atoms with Gasteiger partial charge in [-0.2, -0.15) is 4.68 Å². The van der Waals surface area contributed by atoms with E-state index in [1.807, 2.05) is 47.4 Å². The number of hydrogen-bond acceptors (Lipinski definition) is 7. The van der Waals surface area contributed by atoms with E-state index in [0.29, 0.717) is 22.3 Å². The fraction of sp³-hybridized carbons (Fsp3) is 0.172. The summed E-state index contributed by atoms with van der Waals surface area (Å²) < 4.78 is 1.24. The standard InChI is InChI=1S/C29H21N5O4/c1-16(35)17-10-13-19(14-11-17)32-27(36)24-23-15-12-18-6-2-4-8-21(18)33(23)26(25(24)28(32)37)29(38)34-22-9-5-3-7-20(22)30-31-34/h2-15,23-26H,1H3/t23-,24-,25-,26+/m0/s1. The zero-order valence-corrected chi connectivity index (χ0v) is 20.3. The van der Waals surface area contributed by atoms with E-state index in [0.717, 1.165) is 16.2 Å². The van der Waals surface area contributed by atoms with Crippen LogP contribution in [-0.4, -0.2) is 50.6 Å². The molecule has 4 aromatic rings. The first-order valence-electron chi connectivity index (χ1n) is 12.3. The first kappa shape index (κ1) is 22.3. The maximum atomic E-state index is 14.2. The molecule has 3 aliphatic heterocycles. The number of anilines is 2. The lowest BCUT2D eigenvalue weighted by atomic mass is 9.88. The minimum atomic E-state index is -0.973. The first-order valence-corrected chi connectivity index (χ1v) is 12.3. The Balaban J connectivity index is 1.37. The highest BCUT2D eigenvalue weighted by Crippen LogP contribution is 2.49. The van der Waals surface area contributed by atoms with Crippen molar-refractivity contribution < 1.29 is 19.2 Å². The number of carbonyl (C=O) groups excluding carboxylic acids is 4. The molecule has 186 valence electrons. The van der Waals surface area contributed by atoms with Gasteiger partial charge < -0.3 is 4.90 Å². The number of Topliss-reactive ketones (excluding diaryl/α,β-unsaturated/α-hetero) is 1. The largest absolute Gasteiger partial charge is 0.351 e. The molecule has 2 saturated heterocycles. The fourth-order valence-corrected chi connectivity index (χ4v) is 6.05. The van der Waals surface area contributed by atoms with E-state index in [1.54, 1.807) is 42.5 Å². The molecule has 9 heteroatoms. The van der Waals surface area contributed by atoms with Crippen LogP contribution in [0, 0.1) is 11.8 Å². The molecule has 2 amide bonds. The molecule has 7 rings (SSSR count). The number of imide groups is 1. The van der Waals surface area contributed by atoms with E-state index < -0.39 is 35.7 Å². The predicted molar refractivity (Wildman–Crippen MR) is 140 cm³/mol. The van der Waals surface area contributed by atoms with Crippen molar-refractivity contribution in [1.82, 2.24) is 15.0 Å². The molecule has 4 atom stereocenters. The Morgan fingerprint density at radius 2 is 1.55 bits per heavy atom. The smallest absolute Gasteiger partial charge is 0.272 e. The number of benzene rings is 3. The fourth-order valence-electron chi connectivity index (χ4n) is 6.05. The summed E-state index contributed by atoms with van der Waals surface area (Å²) in [5, 5.41) is 8.26. The minimum absolute atomic E-state index is 0.111. The molecule has 0 radical (unpaired) electrons. The van der Waals surface area contributed by atoms with Gasteiger partial charge in [-0.1, -0.05) is 47.7 Å². The number of nitrogens with zero attached hydrogens (tertiary/aromatic N) is 5. The highest BCUT2D eigenvalue weighted by atomic mass is 16.2. The van der Waals surface area contributed by atoms with Crippen molar-refractivity contribution in [2.45, 2.75) is 19.0 Å². The number of para-hydroxylation sites is 2. The lowest BCUT2D eigenvalue weighted by Crippen LogP contribution is -2.50. The number of rotatable bonds is 3. The summed E-state index contributed by atoms with van der Waals surface area (Å²) in [5.41, 5.74) is 3.65. The topological polar surface area (TPSA) is 105 Å². The van der Waals surface area contributed by atoms with Crippen molar-refractivity contribution in [1.29, 1.82) is 0 Å². The van der Waals surface area contributed by atoms with Crippen LogP contribution in [0.2, 0.25) is 0 Å². The molecule has 0 N–H and O–H groups in total. The van der Waals surface area contributed by atoms with Crippen LogP contribution in [0.25, 0.3) is 17.1 Å². The molecule has 2 fully saturated rings. The second kappa shape index (κ2) is 8.04. The summed E-state index contributed by atoms with van der Waals surface area (Å²) in [7, 11) is 0. The highest BCUT2D eigenvalue weighted by Gasteiger charge is 2.64. The lowest BCUT2D eigenvalue weighted by Gasteiger charge is -2.36. The Morgan fingerprint density at radius 3 is 2.34 bits per heavy atom. The molecular weight excluding hydrogens is 482 g/mol. The number of carbonyl (C=O) groups is 4. The predicted octanol–water partition coefficient (Wildman–Crippen LogP) is 3.36. The molecule has 4 heterocycles. The van der Waals surface area contributed by atoms with Gasteiger partial charge in [0.2, 0.25) is 11.8 Å². The summed E-state index contributed by atoms with van der Waals surface area (Å²) in [6.45, 7) is 1.46. The molecule has 0 bridgehead atoms. The van der Waals surface area contributed by atoms with Crippen LogP contribution in [0.1, 0.15) is 27.6 Å². The molecular formula is C29H21N5O4. The first-order chi connectivity index (χ1) is 18.5. The van der Waals surface area contributed by atoms with Crippen LogP contribution in [0.5, 0.6) is 0 Å². The number of hydrogen-bond donors (Lipinski definition) is 0. The quantitative estimate of drug-likeness (QED) is 0.312. The molecule has 0 spiro atoms. The average molecular weight is 504 g/mol. The van der Waals surface area contributed by atoms with E-state index in [-0.39, 0.29) is 11.7 Å². The SMILES string of the molecule is CC(=O)c1ccc(N2C(=O)[C@@H]3[C@H](C2=O)[C@H](C(=O)n2nnc4ccccc42)N2c4ccccc4C=C[C@@H]32)cc1. The second-order valence-electron chi connectivity index (χ2n) is 9.76. The van der Waals surface area contributed by atoms with Gasteiger partial charge in [0.1, 0.15) is 11.6 Å². The van der Waals surface area contributed by atoms with E-state index in [4.69, 9.17) is 0 Å². The van der Waals surface area contributed by atoms with Gasteiger partial charge in [0.05, 0.1) is 29.1 Å². The molecule has 0 unspecified atom stereocenters. The number of amides is 2. The van der Waals surface area contributed by atoms with Crippen molar-refractivity contribution in [2.24, 2.45) is 11.8 Å². The van der Waals surface area contributed by atoms with Gasteiger partial charge >= 0.3 is 0 Å². The summed E-state index contributed by atoms with van der Waals surface area (Å²) in [6, 6.07) is 19.7. The van der Waals surface area contributed by atoms with Crippen LogP contribution in [0.3, 0.4) is 0 Å². The number of ketones is 1. The third-order valence-electron chi connectivity index (χ3n) is 7.76. The monoisotopic (exact) mass is 503 g/mol. The van der Waals surface area contributed by atoms with Gasteiger partial charge in [-0.25, -0.2) is 4.90 Å². The van der Waals surface area contributed by atoms with Crippen LogP contribution in [-0.2, 0) is 9.59 Å². The van der Waals surface area contributed by atoms with Crippen molar-refractivity contribution in [2.75, 3.05) is 9.80 Å². The molecule has 3 aromatic carbocycles.